The molecule has 3 fully saturated rings. The van der Waals surface area contributed by atoms with Crippen molar-refractivity contribution in [3.63, 3.8) is 0 Å². The van der Waals surface area contributed by atoms with Crippen molar-refractivity contribution in [3.05, 3.63) is 0 Å². The molecule has 0 amide bonds. The third kappa shape index (κ3) is 5.15. The average molecular weight is 361 g/mol. The Balaban J connectivity index is 0.00000100. The summed E-state index contributed by atoms with van der Waals surface area (Å²) in [7, 11) is 2.38. The maximum Gasteiger partial charge on any atom is 0.109 e. The summed E-state index contributed by atoms with van der Waals surface area (Å²) in [5.41, 5.74) is -0.461. The SMILES string of the molecule is CC.CC1CCC(C2CCC(C3CC(F)C(P)C(F)C3)CC2)CC1. The van der Waals surface area contributed by atoms with E-state index in [2.05, 4.69) is 16.2 Å². The first-order valence-electron chi connectivity index (χ1n) is 10.6. The second-order valence-corrected chi connectivity index (χ2v) is 9.31. The van der Waals surface area contributed by atoms with Crippen LogP contribution in [0.5, 0.6) is 0 Å². The van der Waals surface area contributed by atoms with Gasteiger partial charge in [-0.05, 0) is 81.0 Å². The summed E-state index contributed by atoms with van der Waals surface area (Å²) in [5.74, 6) is 3.67. The van der Waals surface area contributed by atoms with Crippen LogP contribution in [0.4, 0.5) is 8.78 Å². The molecule has 3 unspecified atom stereocenters. The van der Waals surface area contributed by atoms with Gasteiger partial charge in [0.1, 0.15) is 12.3 Å². The molecule has 0 saturated heterocycles. The van der Waals surface area contributed by atoms with Gasteiger partial charge in [-0.3, -0.25) is 0 Å². The van der Waals surface area contributed by atoms with E-state index in [9.17, 15) is 8.78 Å². The Bertz CT molecular complexity index is 334. The van der Waals surface area contributed by atoms with E-state index in [0.717, 1.165) is 17.8 Å². The van der Waals surface area contributed by atoms with Crippen molar-refractivity contribution >= 4 is 9.24 Å². The van der Waals surface area contributed by atoms with Gasteiger partial charge in [0.2, 0.25) is 0 Å². The maximum absolute atomic E-state index is 14.0. The first-order chi connectivity index (χ1) is 11.5. The van der Waals surface area contributed by atoms with Gasteiger partial charge in [-0.15, -0.1) is 9.24 Å². The van der Waals surface area contributed by atoms with E-state index in [1.165, 1.54) is 51.4 Å². The van der Waals surface area contributed by atoms with Crippen molar-refractivity contribution in [2.45, 2.75) is 103 Å². The highest BCUT2D eigenvalue weighted by molar-refractivity contribution is 7.17. The number of rotatable bonds is 2. The van der Waals surface area contributed by atoms with E-state index < -0.39 is 18.0 Å². The molecule has 0 radical (unpaired) electrons. The smallest absolute Gasteiger partial charge is 0.109 e. The van der Waals surface area contributed by atoms with Crippen LogP contribution in [0.25, 0.3) is 0 Å². The molecule has 0 bridgehead atoms. The molecule has 3 atom stereocenters. The van der Waals surface area contributed by atoms with Crippen molar-refractivity contribution in [2.75, 3.05) is 0 Å². The van der Waals surface area contributed by atoms with E-state index in [0.29, 0.717) is 24.7 Å². The minimum absolute atomic E-state index is 0.300. The standard InChI is InChI=1S/C19H33F2P.C2H6/c1-12-2-4-13(5-3-12)14-6-8-15(9-7-14)16-10-17(20)19(22)18(21)11-16;1-2/h12-19H,2-11,22H2,1H3;1-2H3. The molecule has 3 saturated carbocycles. The lowest BCUT2D eigenvalue weighted by atomic mass is 9.65. The first-order valence-corrected chi connectivity index (χ1v) is 11.2. The zero-order valence-electron chi connectivity index (χ0n) is 16.0. The monoisotopic (exact) mass is 360 g/mol. The Morgan fingerprint density at radius 1 is 0.625 bits per heavy atom. The second-order valence-electron chi connectivity index (χ2n) is 8.54. The zero-order chi connectivity index (χ0) is 17.7. The van der Waals surface area contributed by atoms with Gasteiger partial charge in [0.25, 0.3) is 0 Å². The number of hydrogen-bond acceptors (Lipinski definition) is 0. The largest absolute Gasteiger partial charge is 0.247 e. The summed E-state index contributed by atoms with van der Waals surface area (Å²) in [4.78, 5) is 0. The number of alkyl halides is 2. The fourth-order valence-corrected chi connectivity index (χ4v) is 5.76. The van der Waals surface area contributed by atoms with E-state index in [4.69, 9.17) is 0 Å². The van der Waals surface area contributed by atoms with Crippen LogP contribution in [0.2, 0.25) is 0 Å². The lowest BCUT2D eigenvalue weighted by Crippen LogP contribution is -2.39. The molecule has 0 N–H and O–H groups in total. The Morgan fingerprint density at radius 2 is 0.958 bits per heavy atom. The summed E-state index contributed by atoms with van der Waals surface area (Å²) < 4.78 is 28.0. The summed E-state index contributed by atoms with van der Waals surface area (Å²) >= 11 is 0. The predicted molar refractivity (Wildman–Crippen MR) is 104 cm³/mol. The summed E-state index contributed by atoms with van der Waals surface area (Å²) in [5, 5.41) is 0. The fourth-order valence-electron chi connectivity index (χ4n) is 5.45. The quantitative estimate of drug-likeness (QED) is 0.466. The lowest BCUT2D eigenvalue weighted by molar-refractivity contribution is 0.0615. The molecule has 0 aromatic carbocycles. The molecule has 0 nitrogen and oxygen atoms in total. The van der Waals surface area contributed by atoms with Crippen molar-refractivity contribution < 1.29 is 8.78 Å². The normalized spacial score (nSPS) is 46.8. The number of halogens is 2. The van der Waals surface area contributed by atoms with Crippen molar-refractivity contribution in [1.82, 2.24) is 0 Å². The predicted octanol–water partition coefficient (Wildman–Crippen LogP) is 6.98. The van der Waals surface area contributed by atoms with Crippen LogP contribution in [0, 0.1) is 29.6 Å². The fraction of sp³-hybridized carbons (Fsp3) is 1.00. The molecule has 142 valence electrons. The van der Waals surface area contributed by atoms with Crippen LogP contribution in [0.1, 0.15) is 85.0 Å². The highest BCUT2D eigenvalue weighted by Crippen LogP contribution is 2.46. The maximum atomic E-state index is 14.0. The minimum Gasteiger partial charge on any atom is -0.247 e. The molecule has 0 aromatic rings. The molecule has 0 aliphatic heterocycles. The molecule has 0 spiro atoms. The second kappa shape index (κ2) is 9.84. The molecule has 3 heteroatoms. The first kappa shape index (κ1) is 20.6. The Morgan fingerprint density at radius 3 is 1.38 bits per heavy atom. The summed E-state index contributed by atoms with van der Waals surface area (Å²) in [6, 6.07) is 0. The van der Waals surface area contributed by atoms with Crippen LogP contribution in [0.15, 0.2) is 0 Å². The molecule has 3 aliphatic rings. The highest BCUT2D eigenvalue weighted by atomic mass is 31.0. The van der Waals surface area contributed by atoms with Gasteiger partial charge in [0.05, 0.1) is 0 Å². The molecule has 24 heavy (non-hydrogen) atoms. The third-order valence-corrected chi connectivity index (χ3v) is 7.94. The molecular weight excluding hydrogens is 321 g/mol. The minimum atomic E-state index is -0.948. The van der Waals surface area contributed by atoms with Gasteiger partial charge in [0.15, 0.2) is 0 Å². The van der Waals surface area contributed by atoms with Crippen molar-refractivity contribution in [1.29, 1.82) is 0 Å². The summed E-state index contributed by atoms with van der Waals surface area (Å²) in [6.07, 6.45) is 10.1. The molecule has 0 heterocycles. The van der Waals surface area contributed by atoms with Gasteiger partial charge >= 0.3 is 0 Å². The zero-order valence-corrected chi connectivity index (χ0v) is 17.2. The lowest BCUT2D eigenvalue weighted by Gasteiger charge is -2.42. The molecular formula is C21H39F2P. The van der Waals surface area contributed by atoms with Gasteiger partial charge in [-0.2, -0.15) is 0 Å². The van der Waals surface area contributed by atoms with E-state index >= 15 is 0 Å². The van der Waals surface area contributed by atoms with Gasteiger partial charge in [-0.25, -0.2) is 8.78 Å². The molecule has 0 aromatic heterocycles. The van der Waals surface area contributed by atoms with Crippen LogP contribution in [0.3, 0.4) is 0 Å². The average Bonchev–Trinajstić information content (AvgIpc) is 2.62. The third-order valence-electron chi connectivity index (χ3n) is 7.10. The molecule has 3 rings (SSSR count). The van der Waals surface area contributed by atoms with E-state index in [1.54, 1.807) is 0 Å². The number of hydrogen-bond donors (Lipinski definition) is 0. The van der Waals surface area contributed by atoms with Crippen molar-refractivity contribution in [3.8, 4) is 0 Å². The summed E-state index contributed by atoms with van der Waals surface area (Å²) in [6.45, 7) is 6.39. The van der Waals surface area contributed by atoms with E-state index in [1.807, 2.05) is 13.8 Å². The Hall–Kier alpha value is 0.290. The van der Waals surface area contributed by atoms with Gasteiger partial charge < -0.3 is 0 Å². The van der Waals surface area contributed by atoms with Crippen molar-refractivity contribution in [2.24, 2.45) is 29.6 Å². The van der Waals surface area contributed by atoms with Crippen LogP contribution >= 0.6 is 9.24 Å². The van der Waals surface area contributed by atoms with E-state index in [-0.39, 0.29) is 0 Å². The topological polar surface area (TPSA) is 0 Å². The van der Waals surface area contributed by atoms with Gasteiger partial charge in [0, 0.05) is 5.66 Å². The van der Waals surface area contributed by atoms with Gasteiger partial charge in [-0.1, -0.05) is 33.6 Å². The Labute approximate surface area is 151 Å². The van der Waals surface area contributed by atoms with Crippen LogP contribution < -0.4 is 0 Å². The van der Waals surface area contributed by atoms with Crippen LogP contribution in [-0.4, -0.2) is 18.0 Å². The highest BCUT2D eigenvalue weighted by Gasteiger charge is 2.40. The molecule has 3 aliphatic carbocycles. The Kier molecular flexibility index (Phi) is 8.45. The van der Waals surface area contributed by atoms with Crippen LogP contribution in [-0.2, 0) is 0 Å².